The summed E-state index contributed by atoms with van der Waals surface area (Å²) in [7, 11) is 0. The molecular weight excluding hydrogens is 322 g/mol. The number of nitrogens with one attached hydrogen (secondary N) is 1. The van der Waals surface area contributed by atoms with Crippen LogP contribution in [0.2, 0.25) is 0 Å². The largest absolute Gasteiger partial charge is 0.353 e. The third-order valence-electron chi connectivity index (χ3n) is 3.52. The molecule has 1 N–H and O–H groups in total. The Hall–Kier alpha value is -0.480. The number of halogens is 1. The van der Waals surface area contributed by atoms with Crippen LogP contribution in [-0.4, -0.2) is 17.7 Å². The molecule has 0 radical (unpaired) electrons. The highest BCUT2D eigenvalue weighted by atomic mass is 79.9. The topological polar surface area (TPSA) is 29.1 Å². The zero-order valence-electron chi connectivity index (χ0n) is 11.4. The molecule has 2 nitrogen and oxygen atoms in total. The lowest BCUT2D eigenvalue weighted by atomic mass is 9.92. The van der Waals surface area contributed by atoms with Gasteiger partial charge in [-0.2, -0.15) is 0 Å². The molecule has 0 aliphatic heterocycles. The van der Waals surface area contributed by atoms with Gasteiger partial charge in [-0.25, -0.2) is 0 Å². The molecule has 2 rings (SSSR count). The summed E-state index contributed by atoms with van der Waals surface area (Å²) >= 11 is 4.99. The lowest BCUT2D eigenvalue weighted by molar-refractivity contribution is -0.119. The SMILES string of the molecule is CC1(C)CCC(NC(=O)CSc2ccc(Br)cc2)C1. The molecule has 0 bridgehead atoms. The van der Waals surface area contributed by atoms with E-state index in [2.05, 4.69) is 35.1 Å². The fourth-order valence-electron chi connectivity index (χ4n) is 2.51. The monoisotopic (exact) mass is 341 g/mol. The van der Waals surface area contributed by atoms with Gasteiger partial charge in [0.05, 0.1) is 5.75 Å². The van der Waals surface area contributed by atoms with Crippen LogP contribution in [0.25, 0.3) is 0 Å². The Morgan fingerprint density at radius 1 is 1.42 bits per heavy atom. The molecule has 0 heterocycles. The Kier molecular flexibility index (Phi) is 4.96. The van der Waals surface area contributed by atoms with Crippen LogP contribution in [0.1, 0.15) is 33.1 Å². The van der Waals surface area contributed by atoms with Crippen molar-refractivity contribution in [2.45, 2.75) is 44.0 Å². The number of rotatable bonds is 4. The van der Waals surface area contributed by atoms with E-state index in [9.17, 15) is 4.79 Å². The molecule has 19 heavy (non-hydrogen) atoms. The number of hydrogen-bond acceptors (Lipinski definition) is 2. The van der Waals surface area contributed by atoms with Gasteiger partial charge in [0.2, 0.25) is 5.91 Å². The highest BCUT2D eigenvalue weighted by Crippen LogP contribution is 2.36. The molecule has 1 amide bonds. The summed E-state index contributed by atoms with van der Waals surface area (Å²) in [6.07, 6.45) is 3.42. The fraction of sp³-hybridized carbons (Fsp3) is 0.533. The zero-order valence-corrected chi connectivity index (χ0v) is 13.8. The van der Waals surface area contributed by atoms with Crippen LogP contribution in [0.3, 0.4) is 0 Å². The van der Waals surface area contributed by atoms with Gasteiger partial charge in [0.15, 0.2) is 0 Å². The van der Waals surface area contributed by atoms with E-state index in [-0.39, 0.29) is 5.91 Å². The Morgan fingerprint density at radius 2 is 2.11 bits per heavy atom. The van der Waals surface area contributed by atoms with Crippen molar-refractivity contribution in [1.29, 1.82) is 0 Å². The van der Waals surface area contributed by atoms with E-state index >= 15 is 0 Å². The van der Waals surface area contributed by atoms with Crippen molar-refractivity contribution >= 4 is 33.6 Å². The molecule has 0 saturated heterocycles. The van der Waals surface area contributed by atoms with Gasteiger partial charge in [-0.15, -0.1) is 11.8 Å². The summed E-state index contributed by atoms with van der Waals surface area (Å²) in [4.78, 5) is 13.0. The minimum absolute atomic E-state index is 0.149. The molecular formula is C15H20BrNOS. The fourth-order valence-corrected chi connectivity index (χ4v) is 3.48. The third kappa shape index (κ3) is 4.84. The second kappa shape index (κ2) is 6.31. The minimum atomic E-state index is 0.149. The molecule has 1 fully saturated rings. The normalized spacial score (nSPS) is 21.3. The number of hydrogen-bond donors (Lipinski definition) is 1. The van der Waals surface area contributed by atoms with E-state index in [0.29, 0.717) is 17.2 Å². The van der Waals surface area contributed by atoms with Gasteiger partial charge in [0.1, 0.15) is 0 Å². The molecule has 1 aliphatic rings. The second-order valence-electron chi connectivity index (χ2n) is 5.91. The van der Waals surface area contributed by atoms with Crippen molar-refractivity contribution < 1.29 is 4.79 Å². The van der Waals surface area contributed by atoms with Gasteiger partial charge < -0.3 is 5.32 Å². The average molecular weight is 342 g/mol. The Balaban J connectivity index is 1.74. The van der Waals surface area contributed by atoms with E-state index < -0.39 is 0 Å². The summed E-state index contributed by atoms with van der Waals surface area (Å²) in [5, 5.41) is 3.15. The molecule has 1 aliphatic carbocycles. The highest BCUT2D eigenvalue weighted by molar-refractivity contribution is 9.10. The summed E-state index contributed by atoms with van der Waals surface area (Å²) in [5.41, 5.74) is 0.386. The molecule has 1 saturated carbocycles. The van der Waals surface area contributed by atoms with Crippen LogP contribution in [0.15, 0.2) is 33.6 Å². The van der Waals surface area contributed by atoms with Crippen molar-refractivity contribution in [1.82, 2.24) is 5.32 Å². The maximum atomic E-state index is 11.9. The molecule has 0 aromatic heterocycles. The standard InChI is InChI=1S/C15H20BrNOS/c1-15(2)8-7-12(9-15)17-14(18)10-19-13-5-3-11(16)4-6-13/h3-6,12H,7-10H2,1-2H3,(H,17,18). The van der Waals surface area contributed by atoms with Crippen molar-refractivity contribution in [3.8, 4) is 0 Å². The lowest BCUT2D eigenvalue weighted by Gasteiger charge is -2.17. The summed E-state index contributed by atoms with van der Waals surface area (Å²) in [6.45, 7) is 4.55. The Labute approximate surface area is 127 Å². The molecule has 4 heteroatoms. The predicted molar refractivity (Wildman–Crippen MR) is 84.4 cm³/mol. The van der Waals surface area contributed by atoms with Crippen LogP contribution in [0.5, 0.6) is 0 Å². The summed E-state index contributed by atoms with van der Waals surface area (Å²) < 4.78 is 1.06. The first-order chi connectivity index (χ1) is 8.94. The molecule has 104 valence electrons. The van der Waals surface area contributed by atoms with Crippen molar-refractivity contribution in [2.24, 2.45) is 5.41 Å². The van der Waals surface area contributed by atoms with E-state index in [4.69, 9.17) is 0 Å². The van der Waals surface area contributed by atoms with E-state index in [1.165, 1.54) is 6.42 Å². The molecule has 1 atom stereocenters. The van der Waals surface area contributed by atoms with Gasteiger partial charge in [0, 0.05) is 15.4 Å². The number of thioether (sulfide) groups is 1. The number of amides is 1. The molecule has 1 aromatic rings. The van der Waals surface area contributed by atoms with Crippen LogP contribution < -0.4 is 5.32 Å². The quantitative estimate of drug-likeness (QED) is 0.830. The molecule has 0 spiro atoms. The van der Waals surface area contributed by atoms with Crippen LogP contribution in [0.4, 0.5) is 0 Å². The third-order valence-corrected chi connectivity index (χ3v) is 5.06. The zero-order chi connectivity index (χ0) is 13.9. The Bertz CT molecular complexity index is 444. The van der Waals surface area contributed by atoms with Crippen LogP contribution in [0, 0.1) is 5.41 Å². The first kappa shape index (κ1) is 14.9. The number of carbonyl (C=O) groups is 1. The van der Waals surface area contributed by atoms with Crippen molar-refractivity contribution in [3.63, 3.8) is 0 Å². The van der Waals surface area contributed by atoms with Gasteiger partial charge in [-0.05, 0) is 48.9 Å². The van der Waals surface area contributed by atoms with Crippen LogP contribution in [-0.2, 0) is 4.79 Å². The Morgan fingerprint density at radius 3 is 2.68 bits per heavy atom. The van der Waals surface area contributed by atoms with Gasteiger partial charge in [-0.3, -0.25) is 4.79 Å². The van der Waals surface area contributed by atoms with Gasteiger partial charge >= 0.3 is 0 Å². The van der Waals surface area contributed by atoms with Crippen molar-refractivity contribution in [2.75, 3.05) is 5.75 Å². The minimum Gasteiger partial charge on any atom is -0.353 e. The summed E-state index contributed by atoms with van der Waals surface area (Å²) in [6, 6.07) is 8.42. The summed E-state index contributed by atoms with van der Waals surface area (Å²) in [5.74, 6) is 0.647. The van der Waals surface area contributed by atoms with Crippen LogP contribution >= 0.6 is 27.7 Å². The predicted octanol–water partition coefficient (Wildman–Crippen LogP) is 4.24. The van der Waals surface area contributed by atoms with Gasteiger partial charge in [0.25, 0.3) is 0 Å². The highest BCUT2D eigenvalue weighted by Gasteiger charge is 2.31. The maximum absolute atomic E-state index is 11.9. The smallest absolute Gasteiger partial charge is 0.230 e. The van der Waals surface area contributed by atoms with E-state index in [1.807, 2.05) is 24.3 Å². The number of benzene rings is 1. The average Bonchev–Trinajstić information content (AvgIpc) is 2.68. The number of carbonyl (C=O) groups excluding carboxylic acids is 1. The first-order valence-electron chi connectivity index (χ1n) is 6.62. The molecule has 1 unspecified atom stereocenters. The van der Waals surface area contributed by atoms with E-state index in [0.717, 1.165) is 22.2 Å². The van der Waals surface area contributed by atoms with Crippen molar-refractivity contribution in [3.05, 3.63) is 28.7 Å². The van der Waals surface area contributed by atoms with E-state index in [1.54, 1.807) is 11.8 Å². The lowest BCUT2D eigenvalue weighted by Crippen LogP contribution is -2.34. The van der Waals surface area contributed by atoms with Gasteiger partial charge in [-0.1, -0.05) is 29.8 Å². The second-order valence-corrected chi connectivity index (χ2v) is 7.88. The molecule has 1 aromatic carbocycles. The maximum Gasteiger partial charge on any atom is 0.230 e. The first-order valence-corrected chi connectivity index (χ1v) is 8.40.